The lowest BCUT2D eigenvalue weighted by molar-refractivity contribution is 0.137. The van der Waals surface area contributed by atoms with Crippen LogP contribution in [0, 0.1) is 0 Å². The van der Waals surface area contributed by atoms with E-state index >= 15 is 0 Å². The van der Waals surface area contributed by atoms with Crippen molar-refractivity contribution in [3.8, 4) is 0 Å². The van der Waals surface area contributed by atoms with E-state index in [9.17, 15) is 0 Å². The number of ether oxygens (including phenoxy) is 1. The number of benzene rings is 1. The van der Waals surface area contributed by atoms with Crippen LogP contribution in [0.4, 0.5) is 0 Å². The molecule has 0 aromatic heterocycles. The first kappa shape index (κ1) is 13.2. The smallest absolute Gasteiger partial charge is 0.192 e. The van der Waals surface area contributed by atoms with E-state index in [0.717, 1.165) is 17.1 Å². The van der Waals surface area contributed by atoms with Gasteiger partial charge in [0.15, 0.2) is 5.96 Å². The Labute approximate surface area is 112 Å². The largest absolute Gasteiger partial charge is 0.383 e. The van der Waals surface area contributed by atoms with Gasteiger partial charge in [0, 0.05) is 18.7 Å². The number of guanidine groups is 1. The number of aliphatic imine (C=N–C) groups is 1. The summed E-state index contributed by atoms with van der Waals surface area (Å²) in [6, 6.07) is 7.84. The van der Waals surface area contributed by atoms with Gasteiger partial charge in [-0.2, -0.15) is 0 Å². The Morgan fingerprint density at radius 1 is 1.56 bits per heavy atom. The van der Waals surface area contributed by atoms with E-state index < -0.39 is 0 Å². The monoisotopic (exact) mass is 267 g/mol. The predicted octanol–water partition coefficient (Wildman–Crippen LogP) is 1.83. The molecule has 2 rings (SSSR count). The Hall–Kier alpha value is -1.26. The summed E-state index contributed by atoms with van der Waals surface area (Å²) in [6.45, 7) is 4.10. The molecule has 1 aromatic rings. The number of rotatable bonds is 4. The quantitative estimate of drug-likeness (QED) is 0.906. The first-order valence-electron chi connectivity index (χ1n) is 5.90. The summed E-state index contributed by atoms with van der Waals surface area (Å²) in [6.07, 6.45) is 0. The van der Waals surface area contributed by atoms with E-state index in [1.54, 1.807) is 7.11 Å². The van der Waals surface area contributed by atoms with Crippen molar-refractivity contribution < 1.29 is 4.74 Å². The zero-order chi connectivity index (χ0) is 13.2. The van der Waals surface area contributed by atoms with Gasteiger partial charge in [0.25, 0.3) is 0 Å². The van der Waals surface area contributed by atoms with Crippen molar-refractivity contribution in [2.75, 3.05) is 26.8 Å². The van der Waals surface area contributed by atoms with Crippen LogP contribution in [0.15, 0.2) is 29.3 Å². The normalized spacial score (nSPS) is 23.3. The number of hydrogen-bond donors (Lipinski definition) is 1. The maximum absolute atomic E-state index is 6.06. The van der Waals surface area contributed by atoms with Crippen LogP contribution in [-0.4, -0.2) is 37.7 Å². The summed E-state index contributed by atoms with van der Waals surface area (Å²) in [5.74, 6) is 0.564. The maximum Gasteiger partial charge on any atom is 0.192 e. The van der Waals surface area contributed by atoms with E-state index in [1.807, 2.05) is 18.2 Å². The van der Waals surface area contributed by atoms with Gasteiger partial charge in [-0.15, -0.1) is 0 Å². The number of nitrogens with two attached hydrogens (primary N) is 1. The Balaban J connectivity index is 2.29. The molecule has 0 amide bonds. The van der Waals surface area contributed by atoms with Crippen molar-refractivity contribution in [3.63, 3.8) is 0 Å². The zero-order valence-corrected chi connectivity index (χ0v) is 11.4. The van der Waals surface area contributed by atoms with E-state index in [1.165, 1.54) is 0 Å². The van der Waals surface area contributed by atoms with Crippen LogP contribution in [0.5, 0.6) is 0 Å². The van der Waals surface area contributed by atoms with Crippen LogP contribution < -0.4 is 5.73 Å². The Morgan fingerprint density at radius 3 is 3.00 bits per heavy atom. The van der Waals surface area contributed by atoms with Crippen molar-refractivity contribution >= 4 is 17.6 Å². The summed E-state index contributed by atoms with van der Waals surface area (Å²) in [5.41, 5.74) is 6.84. The standard InChI is InChI=1S/C13H18ClN3O/c1-13(10-4-3-5-11(14)8-10)9-16-12(15)17(13)6-7-18-2/h3-5,8H,6-7,9H2,1-2H3,(H2,15,16). The van der Waals surface area contributed by atoms with Gasteiger partial charge in [-0.3, -0.25) is 4.99 Å². The first-order valence-corrected chi connectivity index (χ1v) is 6.28. The molecule has 1 heterocycles. The lowest BCUT2D eigenvalue weighted by atomic mass is 9.91. The van der Waals surface area contributed by atoms with Crippen molar-refractivity contribution in [1.82, 2.24) is 4.90 Å². The molecule has 0 saturated heterocycles. The molecule has 0 fully saturated rings. The molecule has 1 aliphatic rings. The topological polar surface area (TPSA) is 50.9 Å². The first-order chi connectivity index (χ1) is 8.58. The van der Waals surface area contributed by atoms with E-state index in [-0.39, 0.29) is 5.54 Å². The molecule has 5 heteroatoms. The lowest BCUT2D eigenvalue weighted by Crippen LogP contribution is -2.48. The van der Waals surface area contributed by atoms with Gasteiger partial charge in [0.2, 0.25) is 0 Å². The van der Waals surface area contributed by atoms with Crippen LogP contribution in [0.2, 0.25) is 5.02 Å². The van der Waals surface area contributed by atoms with Crippen LogP contribution in [-0.2, 0) is 10.3 Å². The summed E-state index contributed by atoms with van der Waals surface area (Å²) in [4.78, 5) is 6.42. The second kappa shape index (κ2) is 5.16. The molecule has 0 saturated carbocycles. The van der Waals surface area contributed by atoms with E-state index in [0.29, 0.717) is 19.1 Å². The van der Waals surface area contributed by atoms with Crippen LogP contribution >= 0.6 is 11.6 Å². The zero-order valence-electron chi connectivity index (χ0n) is 10.7. The van der Waals surface area contributed by atoms with Crippen molar-refractivity contribution in [3.05, 3.63) is 34.9 Å². The Kier molecular flexibility index (Phi) is 3.78. The molecule has 0 spiro atoms. The average Bonchev–Trinajstić information content (AvgIpc) is 2.64. The highest BCUT2D eigenvalue weighted by molar-refractivity contribution is 6.30. The molecule has 1 aliphatic heterocycles. The second-order valence-corrected chi connectivity index (χ2v) is 5.04. The lowest BCUT2D eigenvalue weighted by Gasteiger charge is -2.36. The second-order valence-electron chi connectivity index (χ2n) is 4.60. The highest BCUT2D eigenvalue weighted by Crippen LogP contribution is 2.33. The third-order valence-corrected chi connectivity index (χ3v) is 3.62. The highest BCUT2D eigenvalue weighted by Gasteiger charge is 2.39. The molecular formula is C13H18ClN3O. The molecule has 0 bridgehead atoms. The molecule has 18 heavy (non-hydrogen) atoms. The fourth-order valence-electron chi connectivity index (χ4n) is 2.27. The SMILES string of the molecule is COCCN1C(N)=NCC1(C)c1cccc(Cl)c1. The molecule has 4 nitrogen and oxygen atoms in total. The molecule has 0 radical (unpaired) electrons. The summed E-state index contributed by atoms with van der Waals surface area (Å²) in [7, 11) is 1.68. The minimum atomic E-state index is -0.243. The Bertz CT molecular complexity index is 463. The van der Waals surface area contributed by atoms with Crippen molar-refractivity contribution in [2.24, 2.45) is 10.7 Å². The van der Waals surface area contributed by atoms with Gasteiger partial charge in [-0.25, -0.2) is 0 Å². The van der Waals surface area contributed by atoms with E-state index in [4.69, 9.17) is 22.1 Å². The summed E-state index contributed by atoms with van der Waals surface area (Å²) in [5, 5.41) is 0.728. The fraction of sp³-hybridized carbons (Fsp3) is 0.462. The number of halogens is 1. The van der Waals surface area contributed by atoms with Gasteiger partial charge < -0.3 is 15.4 Å². The predicted molar refractivity (Wildman–Crippen MR) is 73.9 cm³/mol. The summed E-state index contributed by atoms with van der Waals surface area (Å²) >= 11 is 6.06. The van der Waals surface area contributed by atoms with Crippen molar-refractivity contribution in [2.45, 2.75) is 12.5 Å². The minimum Gasteiger partial charge on any atom is -0.383 e. The van der Waals surface area contributed by atoms with Crippen LogP contribution in [0.1, 0.15) is 12.5 Å². The van der Waals surface area contributed by atoms with Crippen molar-refractivity contribution in [1.29, 1.82) is 0 Å². The molecule has 1 aromatic carbocycles. The number of nitrogens with zero attached hydrogens (tertiary/aromatic N) is 2. The van der Waals surface area contributed by atoms with Gasteiger partial charge in [0.05, 0.1) is 18.7 Å². The van der Waals surface area contributed by atoms with Crippen LogP contribution in [0.25, 0.3) is 0 Å². The van der Waals surface area contributed by atoms with Gasteiger partial charge >= 0.3 is 0 Å². The highest BCUT2D eigenvalue weighted by atomic mass is 35.5. The number of hydrogen-bond acceptors (Lipinski definition) is 4. The molecule has 2 N–H and O–H groups in total. The van der Waals surface area contributed by atoms with Gasteiger partial charge in [-0.05, 0) is 24.6 Å². The molecule has 98 valence electrons. The Morgan fingerprint density at radius 2 is 2.33 bits per heavy atom. The molecular weight excluding hydrogens is 250 g/mol. The van der Waals surface area contributed by atoms with Gasteiger partial charge in [0.1, 0.15) is 0 Å². The number of methoxy groups -OCH3 is 1. The average molecular weight is 268 g/mol. The van der Waals surface area contributed by atoms with E-state index in [2.05, 4.69) is 22.9 Å². The third-order valence-electron chi connectivity index (χ3n) is 3.39. The van der Waals surface area contributed by atoms with Gasteiger partial charge in [-0.1, -0.05) is 23.7 Å². The molecule has 1 unspecified atom stereocenters. The summed E-state index contributed by atoms with van der Waals surface area (Å²) < 4.78 is 5.13. The molecule has 1 atom stereocenters. The maximum atomic E-state index is 6.06. The third kappa shape index (κ3) is 2.31. The van der Waals surface area contributed by atoms with Crippen LogP contribution in [0.3, 0.4) is 0 Å². The minimum absolute atomic E-state index is 0.243. The fourth-order valence-corrected chi connectivity index (χ4v) is 2.46. The molecule has 0 aliphatic carbocycles.